The molecule has 149 heavy (non-hydrogen) atoms. The van der Waals surface area contributed by atoms with E-state index in [1.54, 1.807) is 127 Å². The van der Waals surface area contributed by atoms with Crippen molar-refractivity contribution in [3.63, 3.8) is 0 Å². The van der Waals surface area contributed by atoms with Gasteiger partial charge in [-0.3, -0.25) is 48.6 Å². The van der Waals surface area contributed by atoms with Crippen LogP contribution in [0.1, 0.15) is 194 Å². The molecular formula is C111H141N15O23. The molecule has 0 saturated carbocycles. The zero-order chi connectivity index (χ0) is 107. The molecule has 38 heteroatoms. The summed E-state index contributed by atoms with van der Waals surface area (Å²) in [6.07, 6.45) is 15.2. The number of carbonyl (C=O) groups is 9. The minimum Gasteiger partial charge on any atom is -0.506 e. The number of aliphatic imine (C=N–C) groups is 2. The molecule has 0 atom stereocenters. The van der Waals surface area contributed by atoms with Crippen molar-refractivity contribution in [1.82, 2.24) is 21.3 Å². The molecule has 0 spiro atoms. The van der Waals surface area contributed by atoms with Crippen molar-refractivity contribution in [2.75, 3.05) is 188 Å². The molecular weight excluding hydrogens is 1910 g/mol. The highest BCUT2D eigenvalue weighted by molar-refractivity contribution is 6.14. The molecule has 0 aliphatic carbocycles. The summed E-state index contributed by atoms with van der Waals surface area (Å²) < 4.78 is 66.0. The number of nitrogens with two attached hydrogens (primary N) is 2. The number of aromatic hydroxyl groups is 2. The fraction of sp³-hybridized carbons (Fsp3) is 0.423. The average Bonchev–Trinajstić information content (AvgIpc) is 1.64. The van der Waals surface area contributed by atoms with E-state index >= 15 is 0 Å². The Morgan fingerprint density at radius 3 is 1.08 bits per heavy atom. The number of ether oxygens (including phenoxy) is 12. The molecule has 0 aromatic heterocycles. The van der Waals surface area contributed by atoms with Crippen molar-refractivity contribution in [3.8, 4) is 11.5 Å². The van der Waals surface area contributed by atoms with E-state index in [1.165, 1.54) is 31.4 Å². The van der Waals surface area contributed by atoms with Gasteiger partial charge in [0.15, 0.2) is 5.90 Å². The lowest BCUT2D eigenvalue weighted by atomic mass is 10.1. The van der Waals surface area contributed by atoms with Gasteiger partial charge >= 0.3 is 5.97 Å². The summed E-state index contributed by atoms with van der Waals surface area (Å²) in [6.45, 7) is 21.6. The van der Waals surface area contributed by atoms with E-state index in [9.17, 15) is 53.4 Å². The lowest BCUT2D eigenvalue weighted by molar-refractivity contribution is -0.155. The SMILES string of the molecule is CCCN1C(=NC(=O)c2cccc(C(N)=O)c2)Cc2cc(/C=C/C(=O)NCCCOCCOCCOCCOCCOCCCNC(=O)c3ccc(N=Nc4cc(CCCC(=N)OC)ccc4O)cc3)ccc21.CCCN1C(=NC(=O)c2cccc(C(N)=O)c2)Cc2cc(/C=C/C(=O)NCCCOCCOCCOCCOCCOCCCNC(=O)c3ccc(N=Nc4cc(CCCC(=O)OC(C)(C)C)ccc4O)cc3)ccc21. The van der Waals surface area contributed by atoms with E-state index in [-0.39, 0.29) is 58.1 Å². The summed E-state index contributed by atoms with van der Waals surface area (Å²) in [5.74, 6) is -1.72. The van der Waals surface area contributed by atoms with Gasteiger partial charge in [0.05, 0.1) is 124 Å². The highest BCUT2D eigenvalue weighted by atomic mass is 16.6. The number of hydrogen-bond donors (Lipinski definition) is 9. The van der Waals surface area contributed by atoms with Gasteiger partial charge in [-0.2, -0.15) is 20.2 Å². The molecule has 0 bridgehead atoms. The molecule has 2 heterocycles. The Morgan fingerprint density at radius 1 is 0.396 bits per heavy atom. The standard InChI is InChI=1S/C57H73N7O12.C54H68N8O11/c1-5-26-64-49-21-14-42(37-46(49)40-51(64)61-56(70)45-12-7-11-44(39-45)54(58)68)16-23-52(66)59-24-8-27-71-29-31-73-33-35-75-36-34-74-32-30-72-28-9-25-60-55(69)43-17-19-47(20-18-43)62-63-48-38-41(15-22-50(48)65)10-6-13-53(67)76-57(2,3)4;1-3-24-62-47-19-12-40(35-44(47)38-50(62)59-54(67)43-10-5-9-42(37-43)52(56)65)14-21-51(64)57-22-6-25-69-27-29-71-31-33-73-34-32-72-30-28-70-26-7-23-58-53(66)41-15-17-45(18-16-41)60-61-46-36-39(13-20-48(46)63)8-4-11-49(55)68-2/h7,11-12,14-23,37-39,65H,5-6,8-10,13,24-36,40H2,1-4H3,(H2,58,68)(H,59,66)(H,60,69);5,9-10,12-21,35-37,55,63H,3-4,6-8,11,22-34,38H2,1-2H3,(H2,56,65)(H,57,64)(H,58,66)/b23-16+,61-51?,63-62?;21-14+,55-49?,59-50?,61-60?. The molecule has 0 saturated heterocycles. The van der Waals surface area contributed by atoms with E-state index in [0.29, 0.717) is 299 Å². The number of amides is 8. The monoisotopic (exact) mass is 2050 g/mol. The van der Waals surface area contributed by atoms with Crippen molar-refractivity contribution in [2.24, 2.45) is 41.9 Å². The van der Waals surface area contributed by atoms with Gasteiger partial charge in [-0.1, -0.05) is 50.2 Å². The lowest BCUT2D eigenvalue weighted by Gasteiger charge is -2.19. The Kier molecular flexibility index (Phi) is 53.0. The normalized spacial score (nSPS) is 12.8. The topological polar surface area (TPSA) is 510 Å². The van der Waals surface area contributed by atoms with Gasteiger partial charge in [0.25, 0.3) is 23.6 Å². The molecule has 10 rings (SSSR count). The molecule has 8 aromatic carbocycles. The van der Waals surface area contributed by atoms with Crippen LogP contribution in [-0.2, 0) is 96.9 Å². The van der Waals surface area contributed by atoms with Crippen molar-refractivity contribution >= 4 is 117 Å². The zero-order valence-electron chi connectivity index (χ0n) is 86.0. The average molecular weight is 2050 g/mol. The molecule has 2 aliphatic rings. The molecule has 8 aromatic rings. The molecule has 2 aliphatic heterocycles. The van der Waals surface area contributed by atoms with Crippen molar-refractivity contribution in [2.45, 2.75) is 130 Å². The zero-order valence-corrected chi connectivity index (χ0v) is 86.0. The summed E-state index contributed by atoms with van der Waals surface area (Å²) in [7, 11) is 1.48. The maximum Gasteiger partial charge on any atom is 0.306 e. The number of phenols is 2. The Bertz CT molecular complexity index is 5830. The smallest absolute Gasteiger partial charge is 0.306 e. The number of azo groups is 2. The number of benzene rings is 8. The third-order valence-electron chi connectivity index (χ3n) is 22.4. The van der Waals surface area contributed by atoms with Crippen molar-refractivity contribution in [1.29, 1.82) is 5.41 Å². The van der Waals surface area contributed by atoms with Crippen molar-refractivity contribution in [3.05, 3.63) is 249 Å². The molecule has 0 radical (unpaired) electrons. The van der Waals surface area contributed by atoms with E-state index < -0.39 is 29.2 Å². The number of fused-ring (bicyclic) bond motifs is 2. The number of esters is 1. The number of nitrogens with one attached hydrogen (secondary N) is 5. The number of hydrogen-bond acceptors (Lipinski definition) is 28. The Labute approximate surface area is 870 Å². The van der Waals surface area contributed by atoms with Gasteiger partial charge in [-0.05, 0) is 264 Å². The largest absolute Gasteiger partial charge is 0.506 e. The van der Waals surface area contributed by atoms with Crippen molar-refractivity contribution < 1.29 is 110 Å². The molecule has 0 fully saturated rings. The number of nitrogens with zero attached hydrogens (tertiary/aromatic N) is 8. The van der Waals surface area contributed by atoms with Gasteiger partial charge in [0.1, 0.15) is 40.1 Å². The number of primary amides is 2. The number of methoxy groups -OCH3 is 1. The number of carbonyl (C=O) groups excluding carboxylic acids is 9. The van der Waals surface area contributed by atoms with E-state index in [0.717, 1.165) is 64.0 Å². The second-order valence-corrected chi connectivity index (χ2v) is 35.3. The maximum absolute atomic E-state index is 13.0. The lowest BCUT2D eigenvalue weighted by Crippen LogP contribution is -2.28. The van der Waals surface area contributed by atoms with Crippen LogP contribution in [0.15, 0.2) is 212 Å². The van der Waals surface area contributed by atoms with Crippen LogP contribution >= 0.6 is 0 Å². The second-order valence-electron chi connectivity index (χ2n) is 35.3. The summed E-state index contributed by atoms with van der Waals surface area (Å²) >= 11 is 0. The van der Waals surface area contributed by atoms with Gasteiger partial charge in [0, 0.05) is 148 Å². The van der Waals surface area contributed by atoms with Crippen LogP contribution in [0.4, 0.5) is 34.1 Å². The summed E-state index contributed by atoms with van der Waals surface area (Å²) in [5, 5.41) is 56.4. The predicted molar refractivity (Wildman–Crippen MR) is 568 cm³/mol. The van der Waals surface area contributed by atoms with Crippen LogP contribution in [0.5, 0.6) is 11.5 Å². The second kappa shape index (κ2) is 66.8. The van der Waals surface area contributed by atoms with Gasteiger partial charge in [-0.15, -0.1) is 10.2 Å². The summed E-state index contributed by atoms with van der Waals surface area (Å²) in [4.78, 5) is 124. The molecule has 11 N–H and O–H groups in total. The van der Waals surface area contributed by atoms with E-state index in [1.807, 2.05) is 73.0 Å². The summed E-state index contributed by atoms with van der Waals surface area (Å²) in [5.41, 5.74) is 21.5. The van der Waals surface area contributed by atoms with Crippen LogP contribution in [0.2, 0.25) is 0 Å². The number of rotatable bonds is 66. The van der Waals surface area contributed by atoms with Crippen LogP contribution in [0.25, 0.3) is 12.2 Å². The van der Waals surface area contributed by atoms with Gasteiger partial charge in [0.2, 0.25) is 23.6 Å². The number of amidine groups is 2. The first-order valence-corrected chi connectivity index (χ1v) is 50.3. The van der Waals surface area contributed by atoms with E-state index in [4.69, 9.17) is 73.7 Å². The van der Waals surface area contributed by atoms with Crippen LogP contribution in [0.3, 0.4) is 0 Å². The highest BCUT2D eigenvalue weighted by Gasteiger charge is 2.29. The van der Waals surface area contributed by atoms with Crippen LogP contribution in [-0.4, -0.2) is 265 Å². The van der Waals surface area contributed by atoms with Crippen LogP contribution in [0, 0.1) is 5.41 Å². The maximum atomic E-state index is 13.0. The van der Waals surface area contributed by atoms with Gasteiger partial charge < -0.3 is 110 Å². The third kappa shape index (κ3) is 45.1. The Morgan fingerprint density at radius 2 is 0.738 bits per heavy atom. The fourth-order valence-electron chi connectivity index (χ4n) is 14.9. The van der Waals surface area contributed by atoms with Crippen LogP contribution < -0.4 is 42.5 Å². The first-order valence-electron chi connectivity index (χ1n) is 50.3. The van der Waals surface area contributed by atoms with E-state index in [2.05, 4.69) is 65.6 Å². The fourth-order valence-corrected chi connectivity index (χ4v) is 14.9. The van der Waals surface area contributed by atoms with Gasteiger partial charge in [-0.25, -0.2) is 0 Å². The third-order valence-corrected chi connectivity index (χ3v) is 22.4. The molecule has 8 amide bonds. The minimum atomic E-state index is -0.610. The molecule has 798 valence electrons. The first kappa shape index (κ1) is 118. The highest BCUT2D eigenvalue weighted by Crippen LogP contribution is 2.36. The first-order chi connectivity index (χ1) is 72.2. The Hall–Kier alpha value is -14.3. The quantitative estimate of drug-likeness (QED) is 0.00427. The molecule has 38 nitrogen and oxygen atoms in total. The number of aryl methyl sites for hydroxylation is 2. The summed E-state index contributed by atoms with van der Waals surface area (Å²) in [6, 6.07) is 47.9. The number of phenolic OH excluding ortho intramolecular Hbond substituents is 2. The minimum absolute atomic E-state index is 0.0121. The molecule has 0 unspecified atom stereocenters. The predicted octanol–water partition coefficient (Wildman–Crippen LogP) is 15.3. The Balaban J connectivity index is 0.000000331. The number of anilines is 2.